The number of aromatic nitrogens is 2. The van der Waals surface area contributed by atoms with Crippen LogP contribution in [0, 0.1) is 0 Å². The molecule has 0 amide bonds. The fourth-order valence-electron chi connectivity index (χ4n) is 1.29. The summed E-state index contributed by atoms with van der Waals surface area (Å²) in [7, 11) is 1.59. The van der Waals surface area contributed by atoms with Gasteiger partial charge in [0.15, 0.2) is 0 Å². The topological polar surface area (TPSA) is 36.3 Å². The monoisotopic (exact) mass is 214 g/mol. The van der Waals surface area contributed by atoms with Gasteiger partial charge in [-0.05, 0) is 19.0 Å². The second kappa shape index (κ2) is 5.28. The molecule has 14 heavy (non-hydrogen) atoms. The molecule has 1 aromatic heterocycles. The SMILES string of the molecule is CO[Si](C)(CCCn1ccnc1)OC. The van der Waals surface area contributed by atoms with Crippen LogP contribution in [0.3, 0.4) is 0 Å². The molecule has 0 unspecified atom stereocenters. The van der Waals surface area contributed by atoms with Gasteiger partial charge in [-0.3, -0.25) is 0 Å². The van der Waals surface area contributed by atoms with Gasteiger partial charge in [-0.2, -0.15) is 0 Å². The van der Waals surface area contributed by atoms with Crippen molar-refractivity contribution in [1.82, 2.24) is 9.55 Å². The first-order valence-electron chi connectivity index (χ1n) is 4.76. The summed E-state index contributed by atoms with van der Waals surface area (Å²) in [6, 6.07) is 1.01. The number of hydrogen-bond acceptors (Lipinski definition) is 3. The van der Waals surface area contributed by atoms with Crippen LogP contribution in [0.5, 0.6) is 0 Å². The fourth-order valence-corrected chi connectivity index (χ4v) is 2.66. The van der Waals surface area contributed by atoms with Crippen molar-refractivity contribution in [3.8, 4) is 0 Å². The molecular formula is C9H18N2O2Si. The zero-order valence-electron chi connectivity index (χ0n) is 9.06. The van der Waals surface area contributed by atoms with Crippen molar-refractivity contribution in [2.45, 2.75) is 25.6 Å². The Balaban J connectivity index is 2.27. The molecule has 0 aliphatic rings. The Labute approximate surface area is 86.1 Å². The summed E-state index contributed by atoms with van der Waals surface area (Å²) >= 11 is 0. The maximum atomic E-state index is 5.40. The van der Waals surface area contributed by atoms with Crippen molar-refractivity contribution in [1.29, 1.82) is 0 Å². The Hall–Kier alpha value is -0.653. The highest BCUT2D eigenvalue weighted by molar-refractivity contribution is 6.65. The lowest BCUT2D eigenvalue weighted by Gasteiger charge is -2.22. The summed E-state index contributed by atoms with van der Waals surface area (Å²) in [5.41, 5.74) is 0. The van der Waals surface area contributed by atoms with Crippen LogP contribution in [0.15, 0.2) is 18.7 Å². The van der Waals surface area contributed by atoms with Crippen molar-refractivity contribution in [2.75, 3.05) is 14.2 Å². The highest BCUT2D eigenvalue weighted by atomic mass is 28.4. The number of nitrogens with zero attached hydrogens (tertiary/aromatic N) is 2. The first kappa shape index (κ1) is 11.4. The number of rotatable bonds is 6. The molecule has 0 aromatic carbocycles. The minimum atomic E-state index is -1.86. The zero-order chi connectivity index (χ0) is 10.4. The van der Waals surface area contributed by atoms with E-state index >= 15 is 0 Å². The highest BCUT2D eigenvalue weighted by Crippen LogP contribution is 2.14. The molecule has 80 valence electrons. The normalized spacial score (nSPS) is 11.9. The molecule has 0 saturated heterocycles. The van der Waals surface area contributed by atoms with E-state index in [0.29, 0.717) is 0 Å². The maximum absolute atomic E-state index is 5.40. The van der Waals surface area contributed by atoms with E-state index in [-0.39, 0.29) is 0 Å². The Morgan fingerprint density at radius 3 is 2.57 bits per heavy atom. The molecule has 0 radical (unpaired) electrons. The lowest BCUT2D eigenvalue weighted by atomic mass is 10.5. The van der Waals surface area contributed by atoms with E-state index in [2.05, 4.69) is 16.1 Å². The van der Waals surface area contributed by atoms with Crippen molar-refractivity contribution in [2.24, 2.45) is 0 Å². The van der Waals surface area contributed by atoms with Crippen LogP contribution < -0.4 is 0 Å². The van der Waals surface area contributed by atoms with Gasteiger partial charge in [-0.15, -0.1) is 0 Å². The standard InChI is InChI=1S/C9H18N2O2Si/c1-12-14(3,13-2)8-4-6-11-7-5-10-9-11/h5,7,9H,4,6,8H2,1-3H3. The molecule has 4 nitrogen and oxygen atoms in total. The van der Waals surface area contributed by atoms with Gasteiger partial charge in [0.1, 0.15) is 0 Å². The number of hydrogen-bond donors (Lipinski definition) is 0. The Kier molecular flexibility index (Phi) is 4.31. The van der Waals surface area contributed by atoms with Crippen LogP contribution in [-0.4, -0.2) is 32.3 Å². The molecule has 1 heterocycles. The van der Waals surface area contributed by atoms with E-state index in [1.165, 1.54) is 0 Å². The lowest BCUT2D eigenvalue weighted by Crippen LogP contribution is -2.36. The van der Waals surface area contributed by atoms with Crippen LogP contribution in [0.2, 0.25) is 12.6 Å². The molecule has 0 saturated carbocycles. The third-order valence-corrected chi connectivity index (χ3v) is 5.46. The van der Waals surface area contributed by atoms with E-state index in [9.17, 15) is 0 Å². The average molecular weight is 214 g/mol. The van der Waals surface area contributed by atoms with E-state index in [1.54, 1.807) is 20.4 Å². The molecule has 1 aromatic rings. The Morgan fingerprint density at radius 2 is 2.07 bits per heavy atom. The number of imidazole rings is 1. The fraction of sp³-hybridized carbons (Fsp3) is 0.667. The molecule has 0 bridgehead atoms. The predicted octanol–water partition coefficient (Wildman–Crippen LogP) is 1.64. The van der Waals surface area contributed by atoms with Gasteiger partial charge in [0, 0.05) is 33.2 Å². The van der Waals surface area contributed by atoms with Gasteiger partial charge in [0.2, 0.25) is 0 Å². The van der Waals surface area contributed by atoms with E-state index in [0.717, 1.165) is 19.0 Å². The van der Waals surface area contributed by atoms with Crippen molar-refractivity contribution in [3.05, 3.63) is 18.7 Å². The highest BCUT2D eigenvalue weighted by Gasteiger charge is 2.27. The molecule has 5 heteroatoms. The summed E-state index contributed by atoms with van der Waals surface area (Å²) in [5.74, 6) is 0. The smallest absolute Gasteiger partial charge is 0.334 e. The minimum Gasteiger partial charge on any atom is -0.398 e. The second-order valence-electron chi connectivity index (χ2n) is 3.45. The molecule has 0 spiro atoms. The van der Waals surface area contributed by atoms with Gasteiger partial charge in [-0.25, -0.2) is 4.98 Å². The zero-order valence-corrected chi connectivity index (χ0v) is 10.1. The first-order chi connectivity index (χ1) is 6.70. The van der Waals surface area contributed by atoms with Crippen LogP contribution in [0.1, 0.15) is 6.42 Å². The molecule has 1 rings (SSSR count). The van der Waals surface area contributed by atoms with Crippen LogP contribution in [0.25, 0.3) is 0 Å². The van der Waals surface area contributed by atoms with Crippen molar-refractivity contribution < 1.29 is 8.85 Å². The molecule has 0 N–H and O–H groups in total. The Bertz CT molecular complexity index is 247. The van der Waals surface area contributed by atoms with Gasteiger partial charge in [0.25, 0.3) is 0 Å². The minimum absolute atomic E-state index is 0.981. The summed E-state index contributed by atoms with van der Waals surface area (Å²) in [5, 5.41) is 0. The maximum Gasteiger partial charge on any atom is 0.334 e. The van der Waals surface area contributed by atoms with Gasteiger partial charge < -0.3 is 13.4 Å². The Morgan fingerprint density at radius 1 is 1.36 bits per heavy atom. The largest absolute Gasteiger partial charge is 0.398 e. The predicted molar refractivity (Wildman–Crippen MR) is 57.3 cm³/mol. The van der Waals surface area contributed by atoms with Crippen LogP contribution in [-0.2, 0) is 15.4 Å². The lowest BCUT2D eigenvalue weighted by molar-refractivity contribution is 0.248. The number of aryl methyl sites for hydroxylation is 1. The summed E-state index contributed by atoms with van der Waals surface area (Å²) in [6.07, 6.45) is 6.67. The van der Waals surface area contributed by atoms with E-state index in [1.807, 2.05) is 12.5 Å². The van der Waals surface area contributed by atoms with Crippen molar-refractivity contribution >= 4 is 8.56 Å². The molecule has 0 aliphatic carbocycles. The molecular weight excluding hydrogens is 196 g/mol. The van der Waals surface area contributed by atoms with Crippen molar-refractivity contribution in [3.63, 3.8) is 0 Å². The summed E-state index contributed by atoms with van der Waals surface area (Å²) < 4.78 is 12.9. The first-order valence-corrected chi connectivity index (χ1v) is 7.28. The van der Waals surface area contributed by atoms with Gasteiger partial charge >= 0.3 is 8.56 Å². The third kappa shape index (κ3) is 3.25. The van der Waals surface area contributed by atoms with Gasteiger partial charge in [0.05, 0.1) is 6.33 Å². The summed E-state index contributed by atoms with van der Waals surface area (Å²) in [6.45, 7) is 3.07. The van der Waals surface area contributed by atoms with Crippen LogP contribution in [0.4, 0.5) is 0 Å². The summed E-state index contributed by atoms with van der Waals surface area (Å²) in [4.78, 5) is 3.99. The molecule has 0 aliphatic heterocycles. The van der Waals surface area contributed by atoms with E-state index < -0.39 is 8.56 Å². The van der Waals surface area contributed by atoms with Gasteiger partial charge in [-0.1, -0.05) is 0 Å². The average Bonchev–Trinajstić information content (AvgIpc) is 2.70. The molecule has 0 atom stereocenters. The second-order valence-corrected chi connectivity index (χ2v) is 7.03. The quantitative estimate of drug-likeness (QED) is 0.675. The third-order valence-electron chi connectivity index (χ3n) is 2.47. The van der Waals surface area contributed by atoms with E-state index in [4.69, 9.17) is 8.85 Å². The molecule has 0 fully saturated rings. The van der Waals surface area contributed by atoms with Crippen LogP contribution >= 0.6 is 0 Å².